The van der Waals surface area contributed by atoms with Crippen molar-refractivity contribution in [3.05, 3.63) is 58.0 Å². The van der Waals surface area contributed by atoms with Crippen molar-refractivity contribution in [1.82, 2.24) is 14.7 Å². The summed E-state index contributed by atoms with van der Waals surface area (Å²) in [6, 6.07) is 6.33. The first-order chi connectivity index (χ1) is 15.3. The van der Waals surface area contributed by atoms with Crippen molar-refractivity contribution in [2.75, 3.05) is 19.7 Å². The summed E-state index contributed by atoms with van der Waals surface area (Å²) < 4.78 is 50.6. The summed E-state index contributed by atoms with van der Waals surface area (Å²) in [5, 5.41) is 13.1. The lowest BCUT2D eigenvalue weighted by Gasteiger charge is -2.51. The Kier molecular flexibility index (Phi) is 5.53. The molecule has 0 N–H and O–H groups in total. The summed E-state index contributed by atoms with van der Waals surface area (Å²) >= 11 is 7.40. The van der Waals surface area contributed by atoms with Crippen LogP contribution in [0, 0.1) is 23.1 Å². The molecule has 0 bridgehead atoms. The van der Waals surface area contributed by atoms with Crippen LogP contribution >= 0.6 is 23.4 Å². The van der Waals surface area contributed by atoms with E-state index in [4.69, 9.17) is 16.3 Å². The number of ether oxygens (including phenoxy) is 1. The fourth-order valence-electron chi connectivity index (χ4n) is 4.84. The number of piperidine rings is 1. The van der Waals surface area contributed by atoms with Crippen molar-refractivity contribution >= 4 is 23.4 Å². The van der Waals surface area contributed by atoms with Crippen molar-refractivity contribution < 1.29 is 17.9 Å². The molecule has 1 spiro atoms. The largest absolute Gasteiger partial charge is 0.367 e. The molecule has 1 aromatic heterocycles. The number of thioether (sulfide) groups is 1. The monoisotopic (exact) mass is 480 g/mol. The minimum absolute atomic E-state index is 0.129. The molecule has 0 amide bonds. The Labute approximate surface area is 192 Å². The lowest BCUT2D eigenvalue weighted by molar-refractivity contribution is -0.215. The van der Waals surface area contributed by atoms with Crippen LogP contribution in [0.15, 0.2) is 41.0 Å². The Balaban J connectivity index is 1.27. The molecule has 10 heteroatoms. The topological polar surface area (TPSA) is 54.1 Å². The lowest BCUT2D eigenvalue weighted by Crippen LogP contribution is -2.61. The third-order valence-electron chi connectivity index (χ3n) is 6.52. The third-order valence-corrected chi connectivity index (χ3v) is 8.25. The molecule has 2 atom stereocenters. The molecule has 0 saturated carbocycles. The molecule has 32 heavy (non-hydrogen) atoms. The predicted molar refractivity (Wildman–Crippen MR) is 115 cm³/mol. The summed E-state index contributed by atoms with van der Waals surface area (Å²) in [6.45, 7) is 1.37. The van der Waals surface area contributed by atoms with Gasteiger partial charge in [0.05, 0.1) is 32.9 Å². The van der Waals surface area contributed by atoms with Gasteiger partial charge in [0.2, 0.25) is 0 Å². The Bertz CT molecular complexity index is 1110. The van der Waals surface area contributed by atoms with E-state index in [2.05, 4.69) is 10.00 Å². The highest BCUT2D eigenvalue weighted by Gasteiger charge is 2.60. The van der Waals surface area contributed by atoms with Crippen molar-refractivity contribution in [1.29, 1.82) is 5.26 Å². The summed E-state index contributed by atoms with van der Waals surface area (Å²) in [6.07, 6.45) is 6.13. The van der Waals surface area contributed by atoms with Crippen molar-refractivity contribution in [3.8, 4) is 11.8 Å². The van der Waals surface area contributed by atoms with E-state index in [0.29, 0.717) is 36.8 Å². The SMILES string of the molecule is N#Cc1cccc(F)c1-n1cc(CN2CCC3(CC2)OCC(F)(F)C2C=C(Cl)SC23)cn1. The number of aromatic nitrogens is 2. The van der Waals surface area contributed by atoms with E-state index in [1.807, 2.05) is 6.07 Å². The molecule has 2 fully saturated rings. The van der Waals surface area contributed by atoms with Gasteiger partial charge >= 0.3 is 0 Å². The highest BCUT2D eigenvalue weighted by atomic mass is 35.5. The number of alkyl halides is 2. The maximum Gasteiger partial charge on any atom is 0.278 e. The first-order valence-electron chi connectivity index (χ1n) is 10.3. The summed E-state index contributed by atoms with van der Waals surface area (Å²) in [5.74, 6) is -4.31. The minimum atomic E-state index is -2.90. The summed E-state index contributed by atoms with van der Waals surface area (Å²) in [4.78, 5) is 2.21. The number of likely N-dealkylation sites (tertiary alicyclic amines) is 1. The van der Waals surface area contributed by atoms with E-state index < -0.39 is 29.9 Å². The van der Waals surface area contributed by atoms with Crippen molar-refractivity contribution in [2.45, 2.75) is 36.2 Å². The smallest absolute Gasteiger partial charge is 0.278 e. The second kappa shape index (κ2) is 8.10. The fourth-order valence-corrected chi connectivity index (χ4v) is 6.67. The van der Waals surface area contributed by atoms with Crippen molar-refractivity contribution in [3.63, 3.8) is 0 Å². The van der Waals surface area contributed by atoms with Crippen LogP contribution in [0.25, 0.3) is 5.69 Å². The van der Waals surface area contributed by atoms with Crippen LogP contribution in [0.5, 0.6) is 0 Å². The maximum absolute atomic E-state index is 14.4. The zero-order valence-electron chi connectivity index (χ0n) is 17.0. The molecular weight excluding hydrogens is 461 g/mol. The van der Waals surface area contributed by atoms with E-state index in [0.717, 1.165) is 5.56 Å². The number of hydrogen-bond donors (Lipinski definition) is 0. The van der Waals surface area contributed by atoms with Crippen LogP contribution in [0.4, 0.5) is 13.2 Å². The number of nitriles is 1. The zero-order chi connectivity index (χ0) is 22.5. The second-order valence-corrected chi connectivity index (χ2v) is 10.3. The Hall–Kier alpha value is -1.99. The van der Waals surface area contributed by atoms with E-state index >= 15 is 0 Å². The van der Waals surface area contributed by atoms with Gasteiger partial charge in [-0.05, 0) is 31.1 Å². The average molecular weight is 481 g/mol. The molecule has 168 valence electrons. The number of para-hydroxylation sites is 1. The number of rotatable bonds is 3. The highest BCUT2D eigenvalue weighted by molar-refractivity contribution is 8.05. The molecule has 2 unspecified atom stereocenters. The van der Waals surface area contributed by atoms with Crippen LogP contribution < -0.4 is 0 Å². The standard InChI is InChI=1S/C22H20ClF3N4OS/c23-18-8-16-20(32-18)21(31-13-22(16,25)26)4-6-29(7-5-21)11-14-10-28-30(12-14)19-15(9-27)2-1-3-17(19)24/h1-3,8,10,12,16,20H,4-7,11,13H2. The van der Waals surface area contributed by atoms with Crippen LogP contribution in [-0.4, -0.2) is 51.2 Å². The molecule has 2 aromatic rings. The molecule has 0 radical (unpaired) electrons. The molecule has 2 saturated heterocycles. The molecule has 0 aliphatic carbocycles. The molecule has 3 aliphatic heterocycles. The number of hydrogen-bond acceptors (Lipinski definition) is 5. The van der Waals surface area contributed by atoms with Gasteiger partial charge in [0.1, 0.15) is 24.2 Å². The number of halogens is 4. The summed E-state index contributed by atoms with van der Waals surface area (Å²) in [5.41, 5.74) is 0.604. The van der Waals surface area contributed by atoms with E-state index in [-0.39, 0.29) is 16.5 Å². The predicted octanol–water partition coefficient (Wildman–Crippen LogP) is 4.69. The van der Waals surface area contributed by atoms with Gasteiger partial charge in [0.15, 0.2) is 0 Å². The van der Waals surface area contributed by atoms with Gasteiger partial charge in [0, 0.05) is 31.4 Å². The van der Waals surface area contributed by atoms with Crippen molar-refractivity contribution in [2.24, 2.45) is 5.92 Å². The number of nitrogens with zero attached hydrogens (tertiary/aromatic N) is 4. The summed E-state index contributed by atoms with van der Waals surface area (Å²) in [7, 11) is 0. The molecule has 1 aromatic carbocycles. The Morgan fingerprint density at radius 2 is 2.09 bits per heavy atom. The first-order valence-corrected chi connectivity index (χ1v) is 11.6. The number of allylic oxidation sites excluding steroid dienone is 1. The number of fused-ring (bicyclic) bond motifs is 2. The molecule has 5 nitrogen and oxygen atoms in total. The van der Waals surface area contributed by atoms with Gasteiger partial charge in [-0.1, -0.05) is 17.7 Å². The van der Waals surface area contributed by atoms with Crippen LogP contribution in [0.2, 0.25) is 0 Å². The molecule has 5 rings (SSSR count). The van der Waals surface area contributed by atoms with Gasteiger partial charge in [-0.3, -0.25) is 4.90 Å². The van der Waals surface area contributed by atoms with Crippen LogP contribution in [-0.2, 0) is 11.3 Å². The van der Waals surface area contributed by atoms with E-state index in [9.17, 15) is 18.4 Å². The molecule has 4 heterocycles. The fraction of sp³-hybridized carbons (Fsp3) is 0.455. The number of benzene rings is 1. The Morgan fingerprint density at radius 1 is 1.31 bits per heavy atom. The molecule has 3 aliphatic rings. The van der Waals surface area contributed by atoms with Gasteiger partial charge in [0.25, 0.3) is 5.92 Å². The highest BCUT2D eigenvalue weighted by Crippen LogP contribution is 2.56. The molecular formula is C22H20ClF3N4OS. The maximum atomic E-state index is 14.4. The van der Waals surface area contributed by atoms with Gasteiger partial charge < -0.3 is 4.74 Å². The minimum Gasteiger partial charge on any atom is -0.367 e. The van der Waals surface area contributed by atoms with Crippen LogP contribution in [0.1, 0.15) is 24.0 Å². The van der Waals surface area contributed by atoms with E-state index in [1.54, 1.807) is 18.5 Å². The third kappa shape index (κ3) is 3.73. The second-order valence-electron chi connectivity index (χ2n) is 8.47. The van der Waals surface area contributed by atoms with Crippen LogP contribution in [0.3, 0.4) is 0 Å². The normalized spacial score (nSPS) is 26.5. The Morgan fingerprint density at radius 3 is 2.84 bits per heavy atom. The zero-order valence-corrected chi connectivity index (χ0v) is 18.6. The van der Waals surface area contributed by atoms with Gasteiger partial charge in [-0.15, -0.1) is 11.8 Å². The average Bonchev–Trinajstić information content (AvgIpc) is 3.40. The first kappa shape index (κ1) is 21.8. The lowest BCUT2D eigenvalue weighted by atomic mass is 9.77. The van der Waals surface area contributed by atoms with E-state index in [1.165, 1.54) is 34.7 Å². The quantitative estimate of drug-likeness (QED) is 0.637. The van der Waals surface area contributed by atoms with Gasteiger partial charge in [-0.2, -0.15) is 10.4 Å². The van der Waals surface area contributed by atoms with Gasteiger partial charge in [-0.25, -0.2) is 17.9 Å².